The minimum Gasteiger partial charge on any atom is -0.327 e. The zero-order valence-electron chi connectivity index (χ0n) is 11.8. The Morgan fingerprint density at radius 2 is 1.59 bits per heavy atom. The van der Waals surface area contributed by atoms with Gasteiger partial charge in [-0.15, -0.1) is 0 Å². The van der Waals surface area contributed by atoms with Gasteiger partial charge in [-0.3, -0.25) is 0 Å². The summed E-state index contributed by atoms with van der Waals surface area (Å²) < 4.78 is 26.9. The van der Waals surface area contributed by atoms with E-state index in [1.165, 1.54) is 8.61 Å². The molecule has 0 aliphatic rings. The highest BCUT2D eigenvalue weighted by Crippen LogP contribution is 2.10. The van der Waals surface area contributed by atoms with Crippen LogP contribution in [0.4, 0.5) is 0 Å². The van der Waals surface area contributed by atoms with Gasteiger partial charge < -0.3 is 5.73 Å². The van der Waals surface area contributed by atoms with Crippen molar-refractivity contribution in [3.8, 4) is 0 Å². The summed E-state index contributed by atoms with van der Waals surface area (Å²) in [7, 11) is -0.154. The van der Waals surface area contributed by atoms with Gasteiger partial charge in [0.1, 0.15) is 0 Å². The van der Waals surface area contributed by atoms with E-state index in [1.807, 2.05) is 27.7 Å². The molecule has 0 fully saturated rings. The molecule has 0 spiro atoms. The van der Waals surface area contributed by atoms with Crippen molar-refractivity contribution >= 4 is 10.2 Å². The first-order valence-corrected chi connectivity index (χ1v) is 7.45. The molecule has 0 rings (SSSR count). The van der Waals surface area contributed by atoms with Crippen LogP contribution in [0.1, 0.15) is 34.1 Å². The molecule has 0 amide bonds. The first kappa shape index (κ1) is 16.8. The maximum Gasteiger partial charge on any atom is 0.281 e. The molecule has 6 heteroatoms. The molecule has 17 heavy (non-hydrogen) atoms. The molecule has 0 aromatic heterocycles. The highest BCUT2D eigenvalue weighted by Gasteiger charge is 2.25. The fourth-order valence-electron chi connectivity index (χ4n) is 1.27. The summed E-state index contributed by atoms with van der Waals surface area (Å²) >= 11 is 0. The fourth-order valence-corrected chi connectivity index (χ4v) is 2.57. The largest absolute Gasteiger partial charge is 0.327 e. The summed E-state index contributed by atoms with van der Waals surface area (Å²) in [6.07, 6.45) is 0.680. The molecule has 0 aliphatic heterocycles. The average molecular weight is 265 g/mol. The minimum absolute atomic E-state index is 0.0389. The smallest absolute Gasteiger partial charge is 0.281 e. The Bertz CT molecular complexity index is 315. The molecule has 2 N–H and O–H groups in total. The maximum atomic E-state index is 12.1. The van der Waals surface area contributed by atoms with Crippen LogP contribution >= 0.6 is 0 Å². The lowest BCUT2D eigenvalue weighted by molar-refractivity contribution is 0.342. The molecule has 0 aromatic rings. The molecule has 104 valence electrons. The monoisotopic (exact) mass is 265 g/mol. The van der Waals surface area contributed by atoms with E-state index in [2.05, 4.69) is 0 Å². The van der Waals surface area contributed by atoms with Crippen molar-refractivity contribution < 1.29 is 8.42 Å². The molecule has 0 aromatic carbocycles. The van der Waals surface area contributed by atoms with Crippen LogP contribution in [0.15, 0.2) is 0 Å². The van der Waals surface area contributed by atoms with Crippen molar-refractivity contribution in [2.24, 2.45) is 11.7 Å². The van der Waals surface area contributed by atoms with Crippen LogP contribution < -0.4 is 5.73 Å². The second-order valence-corrected chi connectivity index (χ2v) is 7.23. The van der Waals surface area contributed by atoms with Gasteiger partial charge in [0, 0.05) is 32.7 Å². The van der Waals surface area contributed by atoms with E-state index in [1.54, 1.807) is 14.1 Å². The van der Waals surface area contributed by atoms with Gasteiger partial charge in [-0.05, 0) is 26.2 Å². The Balaban J connectivity index is 4.46. The first-order chi connectivity index (χ1) is 7.60. The highest BCUT2D eigenvalue weighted by atomic mass is 32.2. The number of hydrogen-bond acceptors (Lipinski definition) is 3. The summed E-state index contributed by atoms with van der Waals surface area (Å²) in [6, 6.07) is -0.00164. The predicted molar refractivity (Wildman–Crippen MR) is 71.9 cm³/mol. The van der Waals surface area contributed by atoms with Crippen molar-refractivity contribution in [3.63, 3.8) is 0 Å². The molecule has 0 saturated heterocycles. The molecule has 1 atom stereocenters. The standard InChI is InChI=1S/C11H27N3O2S/c1-9(2)11(12)7-8-13(5)17(15,16)14(6)10(3)4/h9-11H,7-8,12H2,1-6H3. The molecule has 0 radical (unpaired) electrons. The van der Waals surface area contributed by atoms with Crippen molar-refractivity contribution in [3.05, 3.63) is 0 Å². The van der Waals surface area contributed by atoms with Crippen molar-refractivity contribution in [2.75, 3.05) is 20.6 Å². The molecular formula is C11H27N3O2S. The van der Waals surface area contributed by atoms with Gasteiger partial charge >= 0.3 is 0 Å². The molecule has 0 saturated carbocycles. The fraction of sp³-hybridized carbons (Fsp3) is 1.00. The van der Waals surface area contributed by atoms with Crippen molar-refractivity contribution in [2.45, 2.75) is 46.2 Å². The molecule has 0 aliphatic carbocycles. The molecule has 1 unspecified atom stereocenters. The van der Waals surface area contributed by atoms with Gasteiger partial charge in [-0.25, -0.2) is 0 Å². The third kappa shape index (κ3) is 4.91. The normalized spacial score (nSPS) is 15.2. The lowest BCUT2D eigenvalue weighted by Crippen LogP contribution is -2.44. The van der Waals surface area contributed by atoms with Crippen molar-refractivity contribution in [1.82, 2.24) is 8.61 Å². The van der Waals surface area contributed by atoms with Crippen LogP contribution in [0.3, 0.4) is 0 Å². The number of hydrogen-bond donors (Lipinski definition) is 1. The Hall–Kier alpha value is -0.170. The molecule has 0 heterocycles. The topological polar surface area (TPSA) is 66.6 Å². The second-order valence-electron chi connectivity index (χ2n) is 5.14. The third-order valence-electron chi connectivity index (χ3n) is 3.12. The van der Waals surface area contributed by atoms with Crippen LogP contribution in [0.2, 0.25) is 0 Å². The van der Waals surface area contributed by atoms with E-state index < -0.39 is 10.2 Å². The van der Waals surface area contributed by atoms with Gasteiger partial charge in [-0.2, -0.15) is 17.0 Å². The second kappa shape index (κ2) is 6.68. The Labute approximate surface area is 106 Å². The lowest BCUT2D eigenvalue weighted by Gasteiger charge is -2.28. The van der Waals surface area contributed by atoms with Crippen LogP contribution in [-0.2, 0) is 10.2 Å². The van der Waals surface area contributed by atoms with Crippen LogP contribution in [-0.4, -0.2) is 49.8 Å². The number of rotatable bonds is 7. The molecule has 0 bridgehead atoms. The first-order valence-electron chi connectivity index (χ1n) is 6.05. The quantitative estimate of drug-likeness (QED) is 0.743. The summed E-state index contributed by atoms with van der Waals surface area (Å²) in [5.74, 6) is 0.369. The molecule has 5 nitrogen and oxygen atoms in total. The van der Waals surface area contributed by atoms with Gasteiger partial charge in [0.05, 0.1) is 0 Å². The zero-order valence-corrected chi connectivity index (χ0v) is 12.7. The van der Waals surface area contributed by atoms with Gasteiger partial charge in [-0.1, -0.05) is 13.8 Å². The third-order valence-corrected chi connectivity index (χ3v) is 5.24. The van der Waals surface area contributed by atoms with Crippen LogP contribution in [0, 0.1) is 5.92 Å². The van der Waals surface area contributed by atoms with Crippen LogP contribution in [0.25, 0.3) is 0 Å². The molecular weight excluding hydrogens is 238 g/mol. The zero-order chi connectivity index (χ0) is 13.8. The summed E-state index contributed by atoms with van der Waals surface area (Å²) in [4.78, 5) is 0. The average Bonchev–Trinajstić information content (AvgIpc) is 2.23. The summed E-state index contributed by atoms with van der Waals surface area (Å²) in [5.41, 5.74) is 5.91. The van der Waals surface area contributed by atoms with E-state index in [9.17, 15) is 8.42 Å². The minimum atomic E-state index is -3.35. The van der Waals surface area contributed by atoms with E-state index in [-0.39, 0.29) is 12.1 Å². The predicted octanol–water partition coefficient (Wildman–Crippen LogP) is 0.877. The Morgan fingerprint density at radius 1 is 1.12 bits per heavy atom. The number of nitrogens with zero attached hydrogens (tertiary/aromatic N) is 2. The Morgan fingerprint density at radius 3 is 1.94 bits per heavy atom. The Kier molecular flexibility index (Phi) is 6.61. The van der Waals surface area contributed by atoms with Crippen LogP contribution in [0.5, 0.6) is 0 Å². The highest BCUT2D eigenvalue weighted by molar-refractivity contribution is 7.86. The van der Waals surface area contributed by atoms with E-state index in [0.717, 1.165) is 0 Å². The van der Waals surface area contributed by atoms with Gasteiger partial charge in [0.25, 0.3) is 10.2 Å². The van der Waals surface area contributed by atoms with Gasteiger partial charge in [0.2, 0.25) is 0 Å². The van der Waals surface area contributed by atoms with Gasteiger partial charge in [0.15, 0.2) is 0 Å². The number of nitrogens with two attached hydrogens (primary N) is 1. The lowest BCUT2D eigenvalue weighted by atomic mass is 10.0. The SMILES string of the molecule is CC(C)C(N)CCN(C)S(=O)(=O)N(C)C(C)C. The van der Waals surface area contributed by atoms with E-state index in [4.69, 9.17) is 5.73 Å². The summed E-state index contributed by atoms with van der Waals surface area (Å²) in [5, 5.41) is 0. The maximum absolute atomic E-state index is 12.1. The van der Waals surface area contributed by atoms with Crippen molar-refractivity contribution in [1.29, 1.82) is 0 Å². The van der Waals surface area contributed by atoms with E-state index in [0.29, 0.717) is 18.9 Å². The van der Waals surface area contributed by atoms with E-state index >= 15 is 0 Å². The summed E-state index contributed by atoms with van der Waals surface area (Å²) in [6.45, 7) is 8.24.